The fourth-order valence-corrected chi connectivity index (χ4v) is 3.54. The zero-order valence-electron chi connectivity index (χ0n) is 11.3. The largest absolute Gasteiger partial charge is 0.496 e. The second-order valence-corrected chi connectivity index (χ2v) is 5.56. The van der Waals surface area contributed by atoms with Crippen molar-refractivity contribution in [2.45, 2.75) is 43.9 Å². The molecule has 0 spiro atoms. The first kappa shape index (κ1) is 12.9. The normalized spacial score (nSPS) is 30.5. The number of fused-ring (bicyclic) bond motifs is 2. The molecule has 2 bridgehead atoms. The van der Waals surface area contributed by atoms with E-state index in [1.54, 1.807) is 7.11 Å². The topological polar surface area (TPSA) is 56.5 Å². The lowest BCUT2D eigenvalue weighted by atomic mass is 9.81. The Bertz CT molecular complexity index is 438. The Hall–Kier alpha value is -1.10. The fraction of sp³-hybridized carbons (Fsp3) is 0.600. The van der Waals surface area contributed by atoms with Crippen LogP contribution in [-0.2, 0) is 11.2 Å². The van der Waals surface area contributed by atoms with E-state index in [1.165, 1.54) is 18.4 Å². The Labute approximate surface area is 114 Å². The van der Waals surface area contributed by atoms with Crippen LogP contribution in [0.5, 0.6) is 5.75 Å². The van der Waals surface area contributed by atoms with Gasteiger partial charge in [-0.15, -0.1) is 0 Å². The SMILES string of the molecule is COc1ccccc1CC(NN)C1CC2CCC1O2. The maximum absolute atomic E-state index is 5.94. The standard InChI is InChI=1S/C15H22N2O2/c1-18-14-5-3-2-4-10(14)8-13(17-16)12-9-11-6-7-15(12)19-11/h2-5,11-13,15,17H,6-9,16H2,1H3. The summed E-state index contributed by atoms with van der Waals surface area (Å²) < 4.78 is 11.4. The quantitative estimate of drug-likeness (QED) is 0.625. The molecule has 4 atom stereocenters. The molecule has 3 N–H and O–H groups in total. The van der Waals surface area contributed by atoms with Crippen LogP contribution in [0.15, 0.2) is 24.3 Å². The van der Waals surface area contributed by atoms with E-state index in [0.29, 0.717) is 18.1 Å². The Balaban J connectivity index is 1.73. The van der Waals surface area contributed by atoms with Crippen molar-refractivity contribution >= 4 is 0 Å². The molecule has 2 fully saturated rings. The summed E-state index contributed by atoms with van der Waals surface area (Å²) in [5.41, 5.74) is 4.20. The van der Waals surface area contributed by atoms with Gasteiger partial charge in [-0.3, -0.25) is 11.3 Å². The zero-order chi connectivity index (χ0) is 13.2. The van der Waals surface area contributed by atoms with E-state index in [1.807, 2.05) is 18.2 Å². The molecule has 4 nitrogen and oxygen atoms in total. The predicted molar refractivity (Wildman–Crippen MR) is 73.8 cm³/mol. The first-order chi connectivity index (χ1) is 9.31. The van der Waals surface area contributed by atoms with Gasteiger partial charge in [-0.25, -0.2) is 0 Å². The third kappa shape index (κ3) is 2.48. The summed E-state index contributed by atoms with van der Waals surface area (Å²) in [6.45, 7) is 0. The number of ether oxygens (including phenoxy) is 2. The van der Waals surface area contributed by atoms with Crippen LogP contribution in [0, 0.1) is 5.92 Å². The second-order valence-electron chi connectivity index (χ2n) is 5.56. The van der Waals surface area contributed by atoms with E-state index in [2.05, 4.69) is 11.5 Å². The number of methoxy groups -OCH3 is 1. The predicted octanol–water partition coefficient (Wildman–Crippen LogP) is 1.64. The summed E-state index contributed by atoms with van der Waals surface area (Å²) in [5.74, 6) is 7.24. The van der Waals surface area contributed by atoms with Crippen LogP contribution in [-0.4, -0.2) is 25.4 Å². The van der Waals surface area contributed by atoms with Crippen molar-refractivity contribution in [1.29, 1.82) is 0 Å². The molecule has 0 radical (unpaired) electrons. The molecule has 2 heterocycles. The van der Waals surface area contributed by atoms with Gasteiger partial charge in [0.2, 0.25) is 0 Å². The third-order valence-corrected chi connectivity index (χ3v) is 4.52. The lowest BCUT2D eigenvalue weighted by molar-refractivity contribution is 0.0856. The Morgan fingerprint density at radius 1 is 1.42 bits per heavy atom. The number of para-hydroxylation sites is 1. The van der Waals surface area contributed by atoms with Crippen LogP contribution in [0.3, 0.4) is 0 Å². The minimum atomic E-state index is 0.256. The van der Waals surface area contributed by atoms with E-state index in [-0.39, 0.29) is 6.04 Å². The third-order valence-electron chi connectivity index (χ3n) is 4.52. The molecular weight excluding hydrogens is 240 g/mol. The smallest absolute Gasteiger partial charge is 0.122 e. The van der Waals surface area contributed by atoms with Crippen molar-refractivity contribution in [3.05, 3.63) is 29.8 Å². The molecule has 104 valence electrons. The van der Waals surface area contributed by atoms with Gasteiger partial charge in [0.15, 0.2) is 0 Å². The van der Waals surface area contributed by atoms with Gasteiger partial charge in [0.05, 0.1) is 19.3 Å². The van der Waals surface area contributed by atoms with Gasteiger partial charge in [0.25, 0.3) is 0 Å². The van der Waals surface area contributed by atoms with Crippen molar-refractivity contribution in [2.75, 3.05) is 7.11 Å². The number of rotatable bonds is 5. The maximum Gasteiger partial charge on any atom is 0.122 e. The first-order valence-corrected chi connectivity index (χ1v) is 7.05. The average molecular weight is 262 g/mol. The fourth-order valence-electron chi connectivity index (χ4n) is 3.54. The van der Waals surface area contributed by atoms with Crippen molar-refractivity contribution in [3.63, 3.8) is 0 Å². The van der Waals surface area contributed by atoms with E-state index in [9.17, 15) is 0 Å². The number of hydrogen-bond donors (Lipinski definition) is 2. The van der Waals surface area contributed by atoms with E-state index in [4.69, 9.17) is 15.3 Å². The number of benzene rings is 1. The maximum atomic E-state index is 5.94. The number of hydrogen-bond acceptors (Lipinski definition) is 4. The van der Waals surface area contributed by atoms with Gasteiger partial charge in [0, 0.05) is 12.0 Å². The lowest BCUT2D eigenvalue weighted by Gasteiger charge is -2.28. The van der Waals surface area contributed by atoms with E-state index >= 15 is 0 Å². The molecule has 3 rings (SSSR count). The highest BCUT2D eigenvalue weighted by Crippen LogP contribution is 2.41. The first-order valence-electron chi connectivity index (χ1n) is 7.05. The monoisotopic (exact) mass is 262 g/mol. The van der Waals surface area contributed by atoms with Crippen LogP contribution >= 0.6 is 0 Å². The van der Waals surface area contributed by atoms with Crippen molar-refractivity contribution in [2.24, 2.45) is 11.8 Å². The number of hydrazine groups is 1. The van der Waals surface area contributed by atoms with Crippen LogP contribution in [0.4, 0.5) is 0 Å². The molecule has 0 aromatic heterocycles. The highest BCUT2D eigenvalue weighted by atomic mass is 16.5. The average Bonchev–Trinajstić information content (AvgIpc) is 3.07. The summed E-state index contributed by atoms with van der Waals surface area (Å²) >= 11 is 0. The van der Waals surface area contributed by atoms with E-state index in [0.717, 1.165) is 18.6 Å². The number of nitrogens with two attached hydrogens (primary N) is 1. The van der Waals surface area contributed by atoms with Gasteiger partial charge in [0.1, 0.15) is 5.75 Å². The molecule has 2 aliphatic rings. The molecule has 0 aliphatic carbocycles. The minimum absolute atomic E-state index is 0.256. The Morgan fingerprint density at radius 2 is 2.26 bits per heavy atom. The molecule has 2 aliphatic heterocycles. The summed E-state index contributed by atoms with van der Waals surface area (Å²) in [7, 11) is 1.71. The molecule has 4 unspecified atom stereocenters. The van der Waals surface area contributed by atoms with Crippen molar-refractivity contribution in [3.8, 4) is 5.75 Å². The molecule has 1 aromatic rings. The Morgan fingerprint density at radius 3 is 2.89 bits per heavy atom. The summed E-state index contributed by atoms with van der Waals surface area (Å²) in [6, 6.07) is 8.40. The van der Waals surface area contributed by atoms with Crippen LogP contribution in [0.1, 0.15) is 24.8 Å². The lowest BCUT2D eigenvalue weighted by Crippen LogP contribution is -2.45. The number of nitrogens with one attached hydrogen (secondary N) is 1. The molecular formula is C15H22N2O2. The highest BCUT2D eigenvalue weighted by Gasteiger charge is 2.44. The van der Waals surface area contributed by atoms with Crippen LogP contribution in [0.25, 0.3) is 0 Å². The molecule has 2 saturated heterocycles. The van der Waals surface area contributed by atoms with Crippen LogP contribution in [0.2, 0.25) is 0 Å². The molecule has 1 aromatic carbocycles. The molecule has 19 heavy (non-hydrogen) atoms. The van der Waals surface area contributed by atoms with Gasteiger partial charge in [-0.05, 0) is 37.3 Å². The van der Waals surface area contributed by atoms with Gasteiger partial charge < -0.3 is 9.47 Å². The van der Waals surface area contributed by atoms with Gasteiger partial charge in [-0.1, -0.05) is 18.2 Å². The zero-order valence-corrected chi connectivity index (χ0v) is 11.3. The minimum Gasteiger partial charge on any atom is -0.496 e. The van der Waals surface area contributed by atoms with Gasteiger partial charge in [-0.2, -0.15) is 0 Å². The summed E-state index contributed by atoms with van der Waals surface area (Å²) in [4.78, 5) is 0. The van der Waals surface area contributed by atoms with Crippen molar-refractivity contribution < 1.29 is 9.47 Å². The van der Waals surface area contributed by atoms with Crippen molar-refractivity contribution in [1.82, 2.24) is 5.43 Å². The molecule has 0 saturated carbocycles. The van der Waals surface area contributed by atoms with Gasteiger partial charge >= 0.3 is 0 Å². The van der Waals surface area contributed by atoms with E-state index < -0.39 is 0 Å². The molecule has 4 heteroatoms. The second kappa shape index (κ2) is 5.49. The summed E-state index contributed by atoms with van der Waals surface area (Å²) in [5, 5.41) is 0. The highest BCUT2D eigenvalue weighted by molar-refractivity contribution is 5.34. The van der Waals surface area contributed by atoms with Crippen LogP contribution < -0.4 is 16.0 Å². The Kier molecular flexibility index (Phi) is 3.73. The summed E-state index contributed by atoms with van der Waals surface area (Å²) in [6.07, 6.45) is 5.27. The molecule has 0 amide bonds.